The first-order chi connectivity index (χ1) is 9.05. The van der Waals surface area contributed by atoms with E-state index in [0.29, 0.717) is 0 Å². The van der Waals surface area contributed by atoms with Crippen LogP contribution in [0.5, 0.6) is 0 Å². The number of sulfonamides is 1. The number of benzene rings is 2. The van der Waals surface area contributed by atoms with Gasteiger partial charge in [0.25, 0.3) is 0 Å². The van der Waals surface area contributed by atoms with Gasteiger partial charge in [-0.3, -0.25) is 0 Å². The van der Waals surface area contributed by atoms with Crippen molar-refractivity contribution in [1.82, 2.24) is 0 Å². The molecule has 0 fully saturated rings. The summed E-state index contributed by atoms with van der Waals surface area (Å²) in [5, 5.41) is 7.22. The molecule has 5 heteroatoms. The van der Waals surface area contributed by atoms with E-state index in [2.05, 4.69) is 17.4 Å². The van der Waals surface area contributed by atoms with Crippen LogP contribution in [0.2, 0.25) is 0 Å². The summed E-state index contributed by atoms with van der Waals surface area (Å²) in [5.74, 6) is 0. The second-order valence-corrected chi connectivity index (χ2v) is 5.93. The molecule has 0 radical (unpaired) electrons. The lowest BCUT2D eigenvalue weighted by atomic mass is 10.2. The molecule has 0 unspecified atom stereocenters. The quantitative estimate of drug-likeness (QED) is 0.839. The van der Waals surface area contributed by atoms with Crippen molar-refractivity contribution in [2.24, 2.45) is 5.14 Å². The molecule has 0 spiro atoms. The van der Waals surface area contributed by atoms with E-state index < -0.39 is 10.0 Å². The van der Waals surface area contributed by atoms with Gasteiger partial charge in [0.1, 0.15) is 13.1 Å². The minimum atomic E-state index is -3.59. The molecule has 0 aromatic heterocycles. The molecule has 4 nitrogen and oxygen atoms in total. The van der Waals surface area contributed by atoms with Gasteiger partial charge in [0.05, 0.1) is 4.90 Å². The summed E-state index contributed by atoms with van der Waals surface area (Å²) in [6.45, 7) is 1.71. The Kier molecular flexibility index (Phi) is 4.31. The zero-order chi connectivity index (χ0) is 13.7. The van der Waals surface area contributed by atoms with Gasteiger partial charge in [-0.25, -0.2) is 13.6 Å². The van der Waals surface area contributed by atoms with Crippen LogP contribution in [0.1, 0.15) is 11.1 Å². The highest BCUT2D eigenvalue weighted by Gasteiger charge is 2.06. The van der Waals surface area contributed by atoms with Crippen LogP contribution in [0.25, 0.3) is 0 Å². The number of quaternary nitrogens is 1. The Morgan fingerprint density at radius 3 is 1.89 bits per heavy atom. The first-order valence-corrected chi connectivity index (χ1v) is 7.58. The summed E-state index contributed by atoms with van der Waals surface area (Å²) in [4.78, 5) is 0.152. The Morgan fingerprint density at radius 2 is 1.37 bits per heavy atom. The largest absolute Gasteiger partial charge is 0.339 e. The fourth-order valence-corrected chi connectivity index (χ4v) is 2.35. The van der Waals surface area contributed by atoms with Crippen LogP contribution in [0.4, 0.5) is 0 Å². The van der Waals surface area contributed by atoms with E-state index in [1.807, 2.05) is 18.2 Å². The Balaban J connectivity index is 1.90. The molecule has 19 heavy (non-hydrogen) atoms. The third-order valence-corrected chi connectivity index (χ3v) is 3.78. The monoisotopic (exact) mass is 277 g/mol. The van der Waals surface area contributed by atoms with Gasteiger partial charge in [0, 0.05) is 11.1 Å². The lowest BCUT2D eigenvalue weighted by molar-refractivity contribution is -0.686. The number of rotatable bonds is 5. The van der Waals surface area contributed by atoms with Crippen LogP contribution in [0.3, 0.4) is 0 Å². The molecule has 0 saturated carbocycles. The van der Waals surface area contributed by atoms with E-state index in [-0.39, 0.29) is 4.90 Å². The Labute approximate surface area is 113 Å². The smallest absolute Gasteiger partial charge is 0.238 e. The van der Waals surface area contributed by atoms with Gasteiger partial charge in [0.15, 0.2) is 0 Å². The Hall–Kier alpha value is -1.69. The van der Waals surface area contributed by atoms with Crippen molar-refractivity contribution in [2.75, 3.05) is 0 Å². The number of nitrogens with two attached hydrogens (primary N) is 2. The van der Waals surface area contributed by atoms with Gasteiger partial charge in [-0.2, -0.15) is 0 Å². The minimum Gasteiger partial charge on any atom is -0.339 e. The van der Waals surface area contributed by atoms with Crippen molar-refractivity contribution in [1.29, 1.82) is 0 Å². The van der Waals surface area contributed by atoms with Crippen LogP contribution in [-0.2, 0) is 23.1 Å². The topological polar surface area (TPSA) is 76.8 Å². The molecule has 4 N–H and O–H groups in total. The number of hydrogen-bond donors (Lipinski definition) is 2. The van der Waals surface area contributed by atoms with Gasteiger partial charge in [0.2, 0.25) is 10.0 Å². The maximum Gasteiger partial charge on any atom is 0.238 e. The molecular formula is C14H17N2O2S+. The Bertz CT molecular complexity index is 622. The van der Waals surface area contributed by atoms with Crippen molar-refractivity contribution < 1.29 is 13.7 Å². The summed E-state index contributed by atoms with van der Waals surface area (Å²) in [6, 6.07) is 16.9. The molecule has 0 aliphatic heterocycles. The van der Waals surface area contributed by atoms with Crippen LogP contribution < -0.4 is 10.5 Å². The predicted octanol–water partition coefficient (Wildman–Crippen LogP) is 0.598. The van der Waals surface area contributed by atoms with E-state index in [4.69, 9.17) is 5.14 Å². The lowest BCUT2D eigenvalue weighted by Crippen LogP contribution is -2.80. The Morgan fingerprint density at radius 1 is 0.842 bits per heavy atom. The molecular weight excluding hydrogens is 260 g/mol. The molecule has 0 saturated heterocycles. The molecule has 2 aromatic rings. The number of hydrogen-bond acceptors (Lipinski definition) is 2. The predicted molar refractivity (Wildman–Crippen MR) is 73.6 cm³/mol. The van der Waals surface area contributed by atoms with Crippen molar-refractivity contribution in [3.8, 4) is 0 Å². The van der Waals surface area contributed by atoms with Crippen LogP contribution in [-0.4, -0.2) is 8.42 Å². The highest BCUT2D eigenvalue weighted by atomic mass is 32.2. The fraction of sp³-hybridized carbons (Fsp3) is 0.143. The van der Waals surface area contributed by atoms with Gasteiger partial charge in [-0.1, -0.05) is 42.5 Å². The van der Waals surface area contributed by atoms with Crippen LogP contribution >= 0.6 is 0 Å². The fourth-order valence-electron chi connectivity index (χ4n) is 1.83. The lowest BCUT2D eigenvalue weighted by Gasteiger charge is -2.03. The average Bonchev–Trinajstić information content (AvgIpc) is 2.39. The first kappa shape index (κ1) is 13.7. The highest BCUT2D eigenvalue weighted by molar-refractivity contribution is 7.89. The molecule has 0 aliphatic rings. The van der Waals surface area contributed by atoms with Crippen molar-refractivity contribution in [3.05, 3.63) is 65.7 Å². The SMILES string of the molecule is NS(=O)(=O)c1ccc(C[NH2+]Cc2ccccc2)cc1. The van der Waals surface area contributed by atoms with Gasteiger partial charge < -0.3 is 5.32 Å². The van der Waals surface area contributed by atoms with Crippen LogP contribution in [0, 0.1) is 0 Å². The molecule has 0 bridgehead atoms. The zero-order valence-electron chi connectivity index (χ0n) is 10.5. The summed E-state index contributed by atoms with van der Waals surface area (Å²) < 4.78 is 22.2. The second-order valence-electron chi connectivity index (χ2n) is 4.37. The van der Waals surface area contributed by atoms with Crippen molar-refractivity contribution in [2.45, 2.75) is 18.0 Å². The van der Waals surface area contributed by atoms with E-state index >= 15 is 0 Å². The molecule has 0 atom stereocenters. The molecule has 0 aliphatic carbocycles. The van der Waals surface area contributed by atoms with Gasteiger partial charge in [-0.05, 0) is 12.1 Å². The normalized spacial score (nSPS) is 11.4. The number of primary sulfonamides is 1. The summed E-state index contributed by atoms with van der Waals surface area (Å²) >= 11 is 0. The van der Waals surface area contributed by atoms with E-state index in [9.17, 15) is 8.42 Å². The summed E-state index contributed by atoms with van der Waals surface area (Å²) in [7, 11) is -3.59. The molecule has 2 rings (SSSR count). The van der Waals surface area contributed by atoms with Gasteiger partial charge >= 0.3 is 0 Å². The van der Waals surface area contributed by atoms with Crippen molar-refractivity contribution in [3.63, 3.8) is 0 Å². The molecule has 2 aromatic carbocycles. The van der Waals surface area contributed by atoms with Crippen molar-refractivity contribution >= 4 is 10.0 Å². The standard InChI is InChI=1S/C14H16N2O2S/c15-19(17,18)14-8-6-13(7-9-14)11-16-10-12-4-2-1-3-5-12/h1-9,16H,10-11H2,(H2,15,17,18)/p+1. The maximum absolute atomic E-state index is 11.1. The summed E-state index contributed by atoms with van der Waals surface area (Å²) in [6.07, 6.45) is 0. The van der Waals surface area contributed by atoms with E-state index in [1.54, 1.807) is 24.3 Å². The zero-order valence-corrected chi connectivity index (χ0v) is 11.3. The molecule has 0 heterocycles. The van der Waals surface area contributed by atoms with E-state index in [1.165, 1.54) is 5.56 Å². The second kappa shape index (κ2) is 5.97. The first-order valence-electron chi connectivity index (χ1n) is 6.03. The third-order valence-electron chi connectivity index (χ3n) is 2.85. The van der Waals surface area contributed by atoms with Gasteiger partial charge in [-0.15, -0.1) is 0 Å². The summed E-state index contributed by atoms with van der Waals surface area (Å²) in [5.41, 5.74) is 2.34. The molecule has 0 amide bonds. The highest BCUT2D eigenvalue weighted by Crippen LogP contribution is 2.07. The van der Waals surface area contributed by atoms with Crippen LogP contribution in [0.15, 0.2) is 59.5 Å². The van der Waals surface area contributed by atoms with E-state index in [0.717, 1.165) is 18.7 Å². The maximum atomic E-state index is 11.1. The molecule has 100 valence electrons. The third kappa shape index (κ3) is 4.17. The average molecular weight is 277 g/mol. The minimum absolute atomic E-state index is 0.152.